The Balaban J connectivity index is 2.33. The number of nitrogens with zero attached hydrogens (tertiary/aromatic N) is 1. The van der Waals surface area contributed by atoms with Crippen molar-refractivity contribution in [1.82, 2.24) is 5.43 Å². The summed E-state index contributed by atoms with van der Waals surface area (Å²) in [7, 11) is 0. The molecule has 1 aromatic carbocycles. The molecule has 2 rings (SSSR count). The first kappa shape index (κ1) is 15.6. The third kappa shape index (κ3) is 3.63. The summed E-state index contributed by atoms with van der Waals surface area (Å²) >= 11 is 0. The molecular weight excluding hydrogens is 256 g/mol. The first-order valence-corrected chi connectivity index (χ1v) is 7.58. The van der Waals surface area contributed by atoms with E-state index in [2.05, 4.69) is 82.4 Å². The van der Waals surface area contributed by atoms with Crippen LogP contribution in [0.3, 0.4) is 0 Å². The number of rotatable bonds is 3. The fourth-order valence-electron chi connectivity index (χ4n) is 2.71. The van der Waals surface area contributed by atoms with Gasteiger partial charge in [0.2, 0.25) is 0 Å². The smallest absolute Gasteiger partial charge is 0.0546 e. The SMILES string of the molecule is CC1=CC(C)=C(c2ccccc2C=NNC(C)(C)C)C1C. The zero-order chi connectivity index (χ0) is 15.6. The van der Waals surface area contributed by atoms with Crippen molar-refractivity contribution in [1.29, 1.82) is 0 Å². The second-order valence-electron chi connectivity index (χ2n) is 6.91. The molecule has 1 aliphatic carbocycles. The number of hydrogen-bond donors (Lipinski definition) is 1. The molecule has 21 heavy (non-hydrogen) atoms. The molecule has 0 spiro atoms. The van der Waals surface area contributed by atoms with Crippen LogP contribution in [0.4, 0.5) is 0 Å². The zero-order valence-corrected chi connectivity index (χ0v) is 14.0. The molecule has 0 aliphatic heterocycles. The van der Waals surface area contributed by atoms with Gasteiger partial charge < -0.3 is 5.43 Å². The molecule has 0 heterocycles. The maximum absolute atomic E-state index is 4.40. The maximum Gasteiger partial charge on any atom is 0.0546 e. The van der Waals surface area contributed by atoms with E-state index >= 15 is 0 Å². The molecule has 0 saturated heterocycles. The van der Waals surface area contributed by atoms with Crippen LogP contribution in [0.1, 0.15) is 52.7 Å². The molecule has 0 amide bonds. The van der Waals surface area contributed by atoms with Crippen LogP contribution in [0.2, 0.25) is 0 Å². The van der Waals surface area contributed by atoms with E-state index in [1.54, 1.807) is 0 Å². The molecular formula is C19H26N2. The number of benzene rings is 1. The van der Waals surface area contributed by atoms with Crippen molar-refractivity contribution >= 4 is 11.8 Å². The molecule has 0 radical (unpaired) electrons. The van der Waals surface area contributed by atoms with Gasteiger partial charge in [-0.05, 0) is 51.3 Å². The lowest BCUT2D eigenvalue weighted by molar-refractivity contribution is 0.442. The molecule has 0 bridgehead atoms. The van der Waals surface area contributed by atoms with E-state index in [9.17, 15) is 0 Å². The van der Waals surface area contributed by atoms with E-state index in [1.807, 2.05) is 6.21 Å². The minimum Gasteiger partial charge on any atom is -0.305 e. The van der Waals surface area contributed by atoms with Gasteiger partial charge in [-0.1, -0.05) is 42.8 Å². The summed E-state index contributed by atoms with van der Waals surface area (Å²) in [5.74, 6) is 0.482. The highest BCUT2D eigenvalue weighted by Gasteiger charge is 2.22. The van der Waals surface area contributed by atoms with Crippen LogP contribution in [0.5, 0.6) is 0 Å². The summed E-state index contributed by atoms with van der Waals surface area (Å²) < 4.78 is 0. The lowest BCUT2D eigenvalue weighted by atomic mass is 9.89. The van der Waals surface area contributed by atoms with Gasteiger partial charge in [0.1, 0.15) is 0 Å². The number of hydrazone groups is 1. The van der Waals surface area contributed by atoms with Crippen molar-refractivity contribution in [3.8, 4) is 0 Å². The number of allylic oxidation sites excluding steroid dienone is 4. The highest BCUT2D eigenvalue weighted by molar-refractivity contribution is 5.91. The van der Waals surface area contributed by atoms with Gasteiger partial charge >= 0.3 is 0 Å². The first-order chi connectivity index (χ1) is 9.79. The predicted molar refractivity (Wildman–Crippen MR) is 92.4 cm³/mol. The van der Waals surface area contributed by atoms with Crippen LogP contribution in [0.15, 0.2) is 46.6 Å². The lowest BCUT2D eigenvalue weighted by Crippen LogP contribution is -2.31. The molecule has 1 aromatic rings. The van der Waals surface area contributed by atoms with Gasteiger partial charge in [-0.25, -0.2) is 0 Å². The molecule has 0 aromatic heterocycles. The Hall–Kier alpha value is -1.83. The third-order valence-electron chi connectivity index (χ3n) is 3.84. The summed E-state index contributed by atoms with van der Waals surface area (Å²) in [6.45, 7) is 13.0. The summed E-state index contributed by atoms with van der Waals surface area (Å²) in [6.07, 6.45) is 4.22. The quantitative estimate of drug-likeness (QED) is 0.626. The van der Waals surface area contributed by atoms with Gasteiger partial charge in [0, 0.05) is 17.0 Å². The van der Waals surface area contributed by atoms with Gasteiger partial charge in [0.05, 0.1) is 6.21 Å². The molecule has 1 unspecified atom stereocenters. The topological polar surface area (TPSA) is 24.4 Å². The molecule has 1 N–H and O–H groups in total. The molecule has 2 heteroatoms. The van der Waals surface area contributed by atoms with Crippen molar-refractivity contribution < 1.29 is 0 Å². The van der Waals surface area contributed by atoms with Gasteiger partial charge in [-0.15, -0.1) is 0 Å². The van der Waals surface area contributed by atoms with Gasteiger partial charge in [-0.3, -0.25) is 0 Å². The average molecular weight is 282 g/mol. The molecule has 0 fully saturated rings. The van der Waals surface area contributed by atoms with Crippen molar-refractivity contribution in [2.24, 2.45) is 11.0 Å². The van der Waals surface area contributed by atoms with Gasteiger partial charge in [0.15, 0.2) is 0 Å². The van der Waals surface area contributed by atoms with E-state index in [4.69, 9.17) is 0 Å². The van der Waals surface area contributed by atoms with Crippen molar-refractivity contribution in [2.45, 2.75) is 47.1 Å². The minimum absolute atomic E-state index is 0.0145. The summed E-state index contributed by atoms with van der Waals surface area (Å²) in [5, 5.41) is 4.40. The predicted octanol–water partition coefficient (Wildman–Crippen LogP) is 4.78. The van der Waals surface area contributed by atoms with Crippen molar-refractivity contribution in [2.75, 3.05) is 0 Å². The summed E-state index contributed by atoms with van der Waals surface area (Å²) in [5.41, 5.74) is 9.82. The highest BCUT2D eigenvalue weighted by Crippen LogP contribution is 2.38. The van der Waals surface area contributed by atoms with Crippen LogP contribution >= 0.6 is 0 Å². The fraction of sp³-hybridized carbons (Fsp3) is 0.421. The largest absolute Gasteiger partial charge is 0.305 e. The second kappa shape index (κ2) is 5.88. The van der Waals surface area contributed by atoms with E-state index < -0.39 is 0 Å². The maximum atomic E-state index is 4.40. The Bertz CT molecular complexity index is 613. The van der Waals surface area contributed by atoms with E-state index in [-0.39, 0.29) is 5.54 Å². The van der Waals surface area contributed by atoms with Gasteiger partial charge in [-0.2, -0.15) is 5.10 Å². The first-order valence-electron chi connectivity index (χ1n) is 7.58. The monoisotopic (exact) mass is 282 g/mol. The zero-order valence-electron chi connectivity index (χ0n) is 14.0. The Kier molecular flexibility index (Phi) is 4.36. The minimum atomic E-state index is -0.0145. The molecule has 0 saturated carbocycles. The lowest BCUT2D eigenvalue weighted by Gasteiger charge is -2.18. The summed E-state index contributed by atoms with van der Waals surface area (Å²) in [6, 6.07) is 8.49. The molecule has 1 aliphatic rings. The van der Waals surface area contributed by atoms with Crippen LogP contribution in [0, 0.1) is 5.92 Å². The third-order valence-corrected chi connectivity index (χ3v) is 3.84. The molecule has 2 nitrogen and oxygen atoms in total. The Labute approximate surface area is 128 Å². The number of nitrogens with one attached hydrogen (secondary N) is 1. The molecule has 1 atom stereocenters. The summed E-state index contributed by atoms with van der Waals surface area (Å²) in [4.78, 5) is 0. The van der Waals surface area contributed by atoms with Crippen molar-refractivity contribution in [3.63, 3.8) is 0 Å². The van der Waals surface area contributed by atoms with Crippen LogP contribution in [0.25, 0.3) is 5.57 Å². The van der Waals surface area contributed by atoms with Crippen LogP contribution in [-0.4, -0.2) is 11.8 Å². The van der Waals surface area contributed by atoms with Crippen LogP contribution < -0.4 is 5.43 Å². The van der Waals surface area contributed by atoms with E-state index in [1.165, 1.54) is 27.8 Å². The van der Waals surface area contributed by atoms with E-state index in [0.717, 1.165) is 0 Å². The molecule has 112 valence electrons. The Morgan fingerprint density at radius 1 is 1.14 bits per heavy atom. The number of hydrogen-bond acceptors (Lipinski definition) is 2. The van der Waals surface area contributed by atoms with Crippen LogP contribution in [-0.2, 0) is 0 Å². The van der Waals surface area contributed by atoms with Crippen molar-refractivity contribution in [3.05, 3.63) is 52.6 Å². The normalized spacial score (nSPS) is 19.3. The fourth-order valence-corrected chi connectivity index (χ4v) is 2.71. The highest BCUT2D eigenvalue weighted by atomic mass is 15.3. The average Bonchev–Trinajstić information content (AvgIpc) is 2.63. The van der Waals surface area contributed by atoms with E-state index in [0.29, 0.717) is 5.92 Å². The Morgan fingerprint density at radius 3 is 2.38 bits per heavy atom. The standard InChI is InChI=1S/C19H26N2/c1-13-11-14(2)18(15(13)3)17-10-8-7-9-16(17)12-20-21-19(4,5)6/h7-12,15,21H,1-6H3. The second-order valence-corrected chi connectivity index (χ2v) is 6.91. The van der Waals surface area contributed by atoms with Gasteiger partial charge in [0.25, 0.3) is 0 Å². The Morgan fingerprint density at radius 2 is 1.81 bits per heavy atom.